The van der Waals surface area contributed by atoms with Crippen molar-refractivity contribution in [1.29, 1.82) is 0 Å². The first-order valence-electron chi connectivity index (χ1n) is 3.66. The highest BCUT2D eigenvalue weighted by atomic mass is 35.5. The average molecular weight is 186 g/mol. The third-order valence-electron chi connectivity index (χ3n) is 1.64. The second kappa shape index (κ2) is 3.68. The largest absolute Gasteiger partial charge is 0.497 e. The number of benzene rings is 1. The quantitative estimate of drug-likeness (QED) is 0.702. The summed E-state index contributed by atoms with van der Waals surface area (Å²) in [5, 5.41) is 0.737. The number of hydrogen-bond donors (Lipinski definition) is 0. The van der Waals surface area contributed by atoms with Gasteiger partial charge in [0.2, 0.25) is 0 Å². The maximum atomic E-state index is 5.95. The number of halogens is 1. The lowest BCUT2D eigenvalue weighted by Crippen LogP contribution is -2.09. The summed E-state index contributed by atoms with van der Waals surface area (Å²) in [4.78, 5) is 1.95. The van der Waals surface area contributed by atoms with Gasteiger partial charge in [-0.1, -0.05) is 11.6 Å². The third-order valence-corrected chi connectivity index (χ3v) is 1.95. The second-order valence-corrected chi connectivity index (χ2v) is 3.12. The molecule has 0 aromatic heterocycles. The highest BCUT2D eigenvalue weighted by Crippen LogP contribution is 2.28. The van der Waals surface area contributed by atoms with Crippen molar-refractivity contribution in [3.63, 3.8) is 0 Å². The molecule has 12 heavy (non-hydrogen) atoms. The van der Waals surface area contributed by atoms with E-state index in [9.17, 15) is 0 Å². The number of hydrogen-bond acceptors (Lipinski definition) is 2. The van der Waals surface area contributed by atoms with E-state index in [4.69, 9.17) is 16.3 Å². The fourth-order valence-electron chi connectivity index (χ4n) is 0.962. The molecule has 2 nitrogen and oxygen atoms in total. The number of rotatable bonds is 2. The van der Waals surface area contributed by atoms with Crippen molar-refractivity contribution in [3.8, 4) is 5.75 Å². The Morgan fingerprint density at radius 3 is 2.50 bits per heavy atom. The van der Waals surface area contributed by atoms with Crippen LogP contribution in [0.5, 0.6) is 5.75 Å². The van der Waals surface area contributed by atoms with Crippen molar-refractivity contribution in [1.82, 2.24) is 0 Å². The maximum Gasteiger partial charge on any atom is 0.121 e. The van der Waals surface area contributed by atoms with Crippen LogP contribution in [-0.4, -0.2) is 21.2 Å². The zero-order chi connectivity index (χ0) is 9.14. The van der Waals surface area contributed by atoms with Crippen LogP contribution in [-0.2, 0) is 0 Å². The predicted octanol–water partition coefficient (Wildman–Crippen LogP) is 2.41. The summed E-state index contributed by atoms with van der Waals surface area (Å²) in [6.45, 7) is 0. The van der Waals surface area contributed by atoms with E-state index in [2.05, 4.69) is 0 Å². The average Bonchev–Trinajstić information content (AvgIpc) is 2.05. The van der Waals surface area contributed by atoms with E-state index < -0.39 is 0 Å². The summed E-state index contributed by atoms with van der Waals surface area (Å²) in [7, 11) is 5.53. The van der Waals surface area contributed by atoms with Gasteiger partial charge >= 0.3 is 0 Å². The monoisotopic (exact) mass is 185 g/mol. The van der Waals surface area contributed by atoms with Crippen LogP contribution >= 0.6 is 11.6 Å². The molecule has 0 N–H and O–H groups in total. The van der Waals surface area contributed by atoms with Crippen molar-refractivity contribution in [2.45, 2.75) is 0 Å². The van der Waals surface area contributed by atoms with Gasteiger partial charge in [-0.25, -0.2) is 0 Å². The Kier molecular flexibility index (Phi) is 2.82. The molecular weight excluding hydrogens is 174 g/mol. The second-order valence-electron chi connectivity index (χ2n) is 2.71. The SMILES string of the molecule is COc1ccc(Cl)c(N(C)C)c1. The van der Waals surface area contributed by atoms with Crippen LogP contribution < -0.4 is 9.64 Å². The van der Waals surface area contributed by atoms with Gasteiger partial charge in [-0.2, -0.15) is 0 Å². The molecule has 0 saturated carbocycles. The van der Waals surface area contributed by atoms with Gasteiger partial charge in [0.05, 0.1) is 17.8 Å². The molecule has 1 rings (SSSR count). The first-order chi connectivity index (χ1) is 5.65. The summed E-state index contributed by atoms with van der Waals surface area (Å²) in [6, 6.07) is 5.58. The molecule has 1 aromatic carbocycles. The van der Waals surface area contributed by atoms with Crippen LogP contribution in [0.3, 0.4) is 0 Å². The van der Waals surface area contributed by atoms with E-state index >= 15 is 0 Å². The third kappa shape index (κ3) is 1.83. The number of ether oxygens (including phenoxy) is 1. The Balaban J connectivity index is 3.08. The molecule has 0 aliphatic carbocycles. The van der Waals surface area contributed by atoms with Crippen LogP contribution in [0.25, 0.3) is 0 Å². The van der Waals surface area contributed by atoms with Gasteiger partial charge in [-0.05, 0) is 12.1 Å². The summed E-state index contributed by atoms with van der Waals surface area (Å²) in [5.74, 6) is 0.822. The Morgan fingerprint density at radius 2 is 2.00 bits per heavy atom. The standard InChI is InChI=1S/C9H12ClNO/c1-11(2)9-6-7(12-3)4-5-8(9)10/h4-6H,1-3H3. The zero-order valence-electron chi connectivity index (χ0n) is 7.47. The lowest BCUT2D eigenvalue weighted by atomic mass is 10.3. The van der Waals surface area contributed by atoms with Gasteiger partial charge in [-0.3, -0.25) is 0 Å². The maximum absolute atomic E-state index is 5.95. The van der Waals surface area contributed by atoms with E-state index in [1.807, 2.05) is 37.2 Å². The van der Waals surface area contributed by atoms with E-state index in [0.717, 1.165) is 16.5 Å². The fourth-order valence-corrected chi connectivity index (χ4v) is 1.25. The Hall–Kier alpha value is -0.890. The first kappa shape index (κ1) is 9.20. The van der Waals surface area contributed by atoms with E-state index in [0.29, 0.717) is 0 Å². The molecule has 0 aliphatic heterocycles. The lowest BCUT2D eigenvalue weighted by molar-refractivity contribution is 0.415. The molecule has 0 amide bonds. The minimum atomic E-state index is 0.737. The van der Waals surface area contributed by atoms with Gasteiger partial charge < -0.3 is 9.64 Å². The van der Waals surface area contributed by atoms with Crippen molar-refractivity contribution >= 4 is 17.3 Å². The molecule has 0 heterocycles. The van der Waals surface area contributed by atoms with Crippen LogP contribution in [0.1, 0.15) is 0 Å². The van der Waals surface area contributed by atoms with Gasteiger partial charge in [0, 0.05) is 20.2 Å². The minimum Gasteiger partial charge on any atom is -0.497 e. The molecule has 0 saturated heterocycles. The summed E-state index contributed by atoms with van der Waals surface area (Å²) >= 11 is 5.95. The highest BCUT2D eigenvalue weighted by molar-refractivity contribution is 6.33. The molecule has 0 radical (unpaired) electrons. The number of nitrogens with zero attached hydrogens (tertiary/aromatic N) is 1. The van der Waals surface area contributed by atoms with Crippen LogP contribution in [0, 0.1) is 0 Å². The molecular formula is C9H12ClNO. The molecule has 0 fully saturated rings. The van der Waals surface area contributed by atoms with E-state index in [1.54, 1.807) is 7.11 Å². The number of methoxy groups -OCH3 is 1. The highest BCUT2D eigenvalue weighted by Gasteiger charge is 2.03. The van der Waals surface area contributed by atoms with Gasteiger partial charge in [-0.15, -0.1) is 0 Å². The predicted molar refractivity (Wildman–Crippen MR) is 52.3 cm³/mol. The van der Waals surface area contributed by atoms with Crippen LogP contribution in [0.15, 0.2) is 18.2 Å². The zero-order valence-corrected chi connectivity index (χ0v) is 8.22. The Morgan fingerprint density at radius 1 is 1.33 bits per heavy atom. The van der Waals surface area contributed by atoms with Crippen molar-refractivity contribution in [2.75, 3.05) is 26.1 Å². The Bertz CT molecular complexity index is 273. The molecule has 0 atom stereocenters. The summed E-state index contributed by atoms with van der Waals surface area (Å²) < 4.78 is 5.07. The normalized spacial score (nSPS) is 9.67. The van der Waals surface area contributed by atoms with E-state index in [-0.39, 0.29) is 0 Å². The van der Waals surface area contributed by atoms with Crippen molar-refractivity contribution in [3.05, 3.63) is 23.2 Å². The lowest BCUT2D eigenvalue weighted by Gasteiger charge is -2.14. The van der Waals surface area contributed by atoms with E-state index in [1.165, 1.54) is 0 Å². The van der Waals surface area contributed by atoms with Gasteiger partial charge in [0.25, 0.3) is 0 Å². The number of anilines is 1. The minimum absolute atomic E-state index is 0.737. The topological polar surface area (TPSA) is 12.5 Å². The fraction of sp³-hybridized carbons (Fsp3) is 0.333. The molecule has 0 bridgehead atoms. The van der Waals surface area contributed by atoms with Crippen molar-refractivity contribution in [2.24, 2.45) is 0 Å². The van der Waals surface area contributed by atoms with Gasteiger partial charge in [0.1, 0.15) is 5.75 Å². The van der Waals surface area contributed by atoms with Crippen LogP contribution in [0.2, 0.25) is 5.02 Å². The smallest absolute Gasteiger partial charge is 0.121 e. The van der Waals surface area contributed by atoms with Crippen molar-refractivity contribution < 1.29 is 4.74 Å². The summed E-state index contributed by atoms with van der Waals surface area (Å²) in [5.41, 5.74) is 0.969. The molecule has 1 aromatic rings. The molecule has 0 unspecified atom stereocenters. The molecule has 66 valence electrons. The molecule has 0 spiro atoms. The molecule has 0 aliphatic rings. The first-order valence-corrected chi connectivity index (χ1v) is 4.04. The van der Waals surface area contributed by atoms with Crippen LogP contribution in [0.4, 0.5) is 5.69 Å². The molecule has 3 heteroatoms. The van der Waals surface area contributed by atoms with Gasteiger partial charge in [0.15, 0.2) is 0 Å². The summed E-state index contributed by atoms with van der Waals surface area (Å²) in [6.07, 6.45) is 0. The Labute approximate surface area is 77.7 Å².